The monoisotopic (exact) mass is 934 g/mol. The Hall–Kier alpha value is -8.00. The van der Waals surface area contributed by atoms with E-state index in [0.29, 0.717) is 34.8 Å². The molecule has 0 spiro atoms. The van der Waals surface area contributed by atoms with Crippen molar-refractivity contribution in [3.8, 4) is 22.3 Å². The number of amides is 4. The van der Waals surface area contributed by atoms with Gasteiger partial charge < -0.3 is 40.3 Å². The standard InChI is InChI=1S/C56H54N8O6/c1-30-40(48(30)61-53(65)49(62-55(67)69-3)32-11-7-5-8-12-32)21-24-47-57-42-22-19-38(27-44(42)58-47)36-17-15-35-26-37(18-16-34(35)25-36)39-20-23-43-45(28-39)60-52(59-43)46-29-41-31(2)51(41)64(46)54(66)50(63-56(68)70-4)33-13-9-6-10-14-33/h5-20,22-23,25-28,30-31,40-41,46,48-51H,21,24,29H2,1-4H3,(H,57,58)(H,59,60)(H,61,65)(H,62,67)(H,63,68)/t30-,31-,40+,41+,46+,48-,49-,50+,51-/m1/s1. The van der Waals surface area contributed by atoms with E-state index in [1.54, 1.807) is 0 Å². The van der Waals surface area contributed by atoms with Crippen LogP contribution < -0.4 is 16.0 Å². The second kappa shape index (κ2) is 18.1. The van der Waals surface area contributed by atoms with Crippen molar-refractivity contribution in [2.45, 2.75) is 63.3 Å². The zero-order valence-corrected chi connectivity index (χ0v) is 39.3. The molecule has 6 aromatic carbocycles. The number of carbonyl (C=O) groups excluding carboxylic acids is 4. The first-order valence-electron chi connectivity index (χ1n) is 24.0. The molecule has 0 unspecified atom stereocenters. The maximum atomic E-state index is 14.4. The number of ether oxygens (including phenoxy) is 2. The van der Waals surface area contributed by atoms with Gasteiger partial charge in [0.05, 0.1) is 42.3 Å². The van der Waals surface area contributed by atoms with Crippen LogP contribution in [0.1, 0.15) is 67.6 Å². The summed E-state index contributed by atoms with van der Waals surface area (Å²) < 4.78 is 9.71. The van der Waals surface area contributed by atoms with Gasteiger partial charge in [-0.3, -0.25) is 9.59 Å². The van der Waals surface area contributed by atoms with Gasteiger partial charge in [0.1, 0.15) is 23.7 Å². The summed E-state index contributed by atoms with van der Waals surface area (Å²) in [5.74, 6) is 2.56. The summed E-state index contributed by atoms with van der Waals surface area (Å²) in [7, 11) is 2.58. The molecule has 2 saturated carbocycles. The number of aromatic nitrogens is 4. The predicted molar refractivity (Wildman–Crippen MR) is 267 cm³/mol. The number of piperidine rings is 1. The molecule has 14 heteroatoms. The van der Waals surface area contributed by atoms with Crippen LogP contribution >= 0.6 is 0 Å². The third-order valence-corrected chi connectivity index (χ3v) is 15.0. The number of hydrogen-bond acceptors (Lipinski definition) is 8. The Morgan fingerprint density at radius 3 is 1.81 bits per heavy atom. The second-order valence-electron chi connectivity index (χ2n) is 19.1. The molecule has 3 fully saturated rings. The first-order valence-corrected chi connectivity index (χ1v) is 24.0. The third-order valence-electron chi connectivity index (χ3n) is 15.0. The minimum Gasteiger partial charge on any atom is -0.453 e. The molecule has 354 valence electrons. The lowest BCUT2D eigenvalue weighted by atomic mass is 9.97. The van der Waals surface area contributed by atoms with E-state index in [-0.39, 0.29) is 29.9 Å². The van der Waals surface area contributed by atoms with Crippen LogP contribution in [-0.4, -0.2) is 75.1 Å². The molecule has 70 heavy (non-hydrogen) atoms. The fourth-order valence-corrected chi connectivity index (χ4v) is 11.0. The number of methoxy groups -OCH3 is 2. The van der Waals surface area contributed by atoms with Gasteiger partial charge >= 0.3 is 12.2 Å². The summed E-state index contributed by atoms with van der Waals surface area (Å²) in [5, 5.41) is 10.9. The third kappa shape index (κ3) is 8.47. The topological polar surface area (TPSA) is 183 Å². The van der Waals surface area contributed by atoms with Crippen molar-refractivity contribution in [2.75, 3.05) is 14.2 Å². The first-order chi connectivity index (χ1) is 34.0. The van der Waals surface area contributed by atoms with Gasteiger partial charge in [0.15, 0.2) is 0 Å². The molecule has 5 N–H and O–H groups in total. The molecule has 8 aromatic rings. The van der Waals surface area contributed by atoms with Crippen LogP contribution in [0.15, 0.2) is 133 Å². The Balaban J connectivity index is 0.757. The quantitative estimate of drug-likeness (QED) is 0.0757. The zero-order chi connectivity index (χ0) is 48.2. The van der Waals surface area contributed by atoms with E-state index in [1.807, 2.05) is 71.6 Å². The first kappa shape index (κ1) is 44.5. The lowest BCUT2D eigenvalue weighted by Gasteiger charge is -2.31. The summed E-state index contributed by atoms with van der Waals surface area (Å²) in [6, 6.07) is 42.2. The van der Waals surface area contributed by atoms with Crippen molar-refractivity contribution in [1.29, 1.82) is 0 Å². The molecule has 3 heterocycles. The molecular formula is C56H54N8O6. The average molecular weight is 935 g/mol. The number of aryl methyl sites for hydroxylation is 1. The average Bonchev–Trinajstić information content (AvgIpc) is 3.84. The van der Waals surface area contributed by atoms with Crippen molar-refractivity contribution in [3.05, 3.63) is 156 Å². The number of rotatable bonds is 13. The number of imidazole rings is 2. The van der Waals surface area contributed by atoms with Crippen molar-refractivity contribution in [3.63, 3.8) is 0 Å². The molecule has 1 saturated heterocycles. The van der Waals surface area contributed by atoms with Crippen LogP contribution in [0.4, 0.5) is 9.59 Å². The molecule has 11 rings (SSSR count). The lowest BCUT2D eigenvalue weighted by molar-refractivity contribution is -0.136. The van der Waals surface area contributed by atoms with E-state index in [0.717, 1.165) is 86.0 Å². The van der Waals surface area contributed by atoms with Gasteiger partial charge in [-0.25, -0.2) is 19.6 Å². The number of carbonyl (C=O) groups is 4. The number of H-pyrrole nitrogens is 2. The fraction of sp³-hybridized carbons (Fsp3) is 0.286. The van der Waals surface area contributed by atoms with Gasteiger partial charge in [0.25, 0.3) is 5.91 Å². The van der Waals surface area contributed by atoms with Crippen LogP contribution in [0.2, 0.25) is 0 Å². The summed E-state index contributed by atoms with van der Waals surface area (Å²) in [5.41, 5.74) is 9.32. The largest absolute Gasteiger partial charge is 0.453 e. The Morgan fingerprint density at radius 1 is 0.657 bits per heavy atom. The van der Waals surface area contributed by atoms with Crippen LogP contribution in [0, 0.1) is 23.7 Å². The molecule has 0 radical (unpaired) electrons. The smallest absolute Gasteiger partial charge is 0.407 e. The molecule has 14 nitrogen and oxygen atoms in total. The maximum absolute atomic E-state index is 14.4. The summed E-state index contributed by atoms with van der Waals surface area (Å²) in [6.07, 6.45) is 1.09. The lowest BCUT2D eigenvalue weighted by Crippen LogP contribution is -2.44. The molecule has 9 atom stereocenters. The van der Waals surface area contributed by atoms with Crippen LogP contribution in [-0.2, 0) is 25.5 Å². The van der Waals surface area contributed by atoms with E-state index in [9.17, 15) is 19.2 Å². The number of benzene rings is 6. The molecular weight excluding hydrogens is 881 g/mol. The SMILES string of the molecule is COC(=O)N[C@H](C(=O)N1[C@@H]2[C@H](C)[C@@H]2C[C@H]1c1nc2ccc(-c3ccc4cc(-c5ccc6nc(CC[C@H]7[C@@H](C)[C@H]7NC(=O)[C@H](NC(=O)OC)c7ccccc7)[nH]c6c5)ccc4c3)cc2[nH]1)c1ccccc1. The molecule has 2 aliphatic carbocycles. The minimum absolute atomic E-state index is 0.00838. The zero-order valence-electron chi connectivity index (χ0n) is 39.3. The van der Waals surface area contributed by atoms with Gasteiger partial charge in [-0.15, -0.1) is 0 Å². The highest BCUT2D eigenvalue weighted by Crippen LogP contribution is 2.58. The number of fused-ring (bicyclic) bond motifs is 4. The van der Waals surface area contributed by atoms with Gasteiger partial charge in [-0.2, -0.15) is 0 Å². The number of aromatic amines is 2. The van der Waals surface area contributed by atoms with E-state index in [4.69, 9.17) is 19.4 Å². The molecule has 0 bridgehead atoms. The van der Waals surface area contributed by atoms with Crippen molar-refractivity contribution >= 4 is 56.8 Å². The Labute approximate surface area is 404 Å². The number of hydrogen-bond donors (Lipinski definition) is 5. The van der Waals surface area contributed by atoms with Gasteiger partial charge in [0.2, 0.25) is 5.91 Å². The predicted octanol–water partition coefficient (Wildman–Crippen LogP) is 9.71. The Kier molecular flexibility index (Phi) is 11.5. The highest BCUT2D eigenvalue weighted by Gasteiger charge is 2.61. The van der Waals surface area contributed by atoms with E-state index in [1.165, 1.54) is 14.2 Å². The number of likely N-dealkylation sites (tertiary alicyclic amines) is 1. The number of nitrogens with one attached hydrogen (secondary N) is 5. The van der Waals surface area contributed by atoms with Crippen LogP contribution in [0.5, 0.6) is 0 Å². The van der Waals surface area contributed by atoms with Crippen molar-refractivity contribution < 1.29 is 28.7 Å². The molecule has 3 aliphatic rings. The fourth-order valence-electron chi connectivity index (χ4n) is 11.0. The van der Waals surface area contributed by atoms with Crippen LogP contribution in [0.3, 0.4) is 0 Å². The highest BCUT2D eigenvalue weighted by atomic mass is 16.5. The summed E-state index contributed by atoms with van der Waals surface area (Å²) in [6.45, 7) is 4.32. The van der Waals surface area contributed by atoms with Crippen molar-refractivity contribution in [2.24, 2.45) is 23.7 Å². The van der Waals surface area contributed by atoms with Gasteiger partial charge in [-0.1, -0.05) is 111 Å². The molecule has 4 amide bonds. The Bertz CT molecular complexity index is 3300. The maximum Gasteiger partial charge on any atom is 0.407 e. The number of nitrogens with zero attached hydrogens (tertiary/aromatic N) is 3. The second-order valence-corrected chi connectivity index (χ2v) is 19.1. The molecule has 1 aliphatic heterocycles. The summed E-state index contributed by atoms with van der Waals surface area (Å²) >= 11 is 0. The highest BCUT2D eigenvalue weighted by molar-refractivity contribution is 5.94. The van der Waals surface area contributed by atoms with Gasteiger partial charge in [0, 0.05) is 18.5 Å². The van der Waals surface area contributed by atoms with Crippen LogP contribution in [0.25, 0.3) is 55.1 Å². The normalized spacial score (nSPS) is 22.0. The van der Waals surface area contributed by atoms with Crippen molar-refractivity contribution in [1.82, 2.24) is 40.8 Å². The summed E-state index contributed by atoms with van der Waals surface area (Å²) in [4.78, 5) is 71.3. The van der Waals surface area contributed by atoms with E-state index in [2.05, 4.69) is 106 Å². The van der Waals surface area contributed by atoms with E-state index >= 15 is 0 Å². The molecule has 2 aromatic heterocycles. The minimum atomic E-state index is -0.885. The Morgan fingerprint density at radius 2 is 1.20 bits per heavy atom. The number of alkyl carbamates (subject to hydrolysis) is 2. The van der Waals surface area contributed by atoms with Gasteiger partial charge in [-0.05, 0) is 117 Å². The van der Waals surface area contributed by atoms with E-state index < -0.39 is 24.3 Å².